The predicted octanol–water partition coefficient (Wildman–Crippen LogP) is 2.67. The average Bonchev–Trinajstić information content (AvgIpc) is 2.99. The van der Waals surface area contributed by atoms with Crippen LogP contribution in [0.15, 0.2) is 47.1 Å². The maximum absolute atomic E-state index is 11.9. The van der Waals surface area contributed by atoms with E-state index in [1.165, 1.54) is 6.26 Å². The second kappa shape index (κ2) is 6.43. The van der Waals surface area contributed by atoms with Crippen LogP contribution in [0.4, 0.5) is 0 Å². The number of carbonyl (C=O) groups excluding carboxylic acids is 1. The number of hydrogen-bond donors (Lipinski definition) is 1. The molecule has 2 aromatic rings. The minimum atomic E-state index is -0.756. The molecule has 20 heavy (non-hydrogen) atoms. The molecule has 1 heterocycles. The Morgan fingerprint density at radius 3 is 2.95 bits per heavy atom. The van der Waals surface area contributed by atoms with Crippen LogP contribution in [0.3, 0.4) is 0 Å². The summed E-state index contributed by atoms with van der Waals surface area (Å²) in [6.07, 6.45) is 1.41. The Bertz CT molecular complexity index is 614. The lowest BCUT2D eigenvalue weighted by Crippen LogP contribution is -2.27. The van der Waals surface area contributed by atoms with Gasteiger partial charge in [-0.2, -0.15) is 5.26 Å². The van der Waals surface area contributed by atoms with E-state index in [0.717, 1.165) is 0 Å². The van der Waals surface area contributed by atoms with E-state index in [1.54, 1.807) is 36.4 Å². The predicted molar refractivity (Wildman–Crippen MR) is 72.1 cm³/mol. The molecule has 5 nitrogen and oxygen atoms in total. The van der Waals surface area contributed by atoms with Crippen LogP contribution in [-0.4, -0.2) is 12.5 Å². The highest BCUT2D eigenvalue weighted by molar-refractivity contribution is 5.91. The van der Waals surface area contributed by atoms with Gasteiger partial charge in [0.05, 0.1) is 18.9 Å². The zero-order chi connectivity index (χ0) is 14.4. The van der Waals surface area contributed by atoms with Gasteiger partial charge in [0, 0.05) is 0 Å². The van der Waals surface area contributed by atoms with Gasteiger partial charge in [-0.05, 0) is 36.8 Å². The quantitative estimate of drug-likeness (QED) is 0.906. The van der Waals surface area contributed by atoms with Crippen molar-refractivity contribution in [1.82, 2.24) is 5.32 Å². The van der Waals surface area contributed by atoms with Gasteiger partial charge in [-0.3, -0.25) is 4.79 Å². The molecule has 1 amide bonds. The summed E-state index contributed by atoms with van der Waals surface area (Å²) >= 11 is 0. The molecule has 0 spiro atoms. The summed E-state index contributed by atoms with van der Waals surface area (Å²) in [5, 5.41) is 11.8. The van der Waals surface area contributed by atoms with Crippen LogP contribution < -0.4 is 10.1 Å². The third-order valence-electron chi connectivity index (χ3n) is 2.65. The van der Waals surface area contributed by atoms with Crippen molar-refractivity contribution >= 4 is 5.91 Å². The van der Waals surface area contributed by atoms with Gasteiger partial charge >= 0.3 is 0 Å². The van der Waals surface area contributed by atoms with Gasteiger partial charge < -0.3 is 14.5 Å². The summed E-state index contributed by atoms with van der Waals surface area (Å²) in [5.41, 5.74) is 0.665. The Hall–Kier alpha value is -2.74. The van der Waals surface area contributed by atoms with Gasteiger partial charge in [-0.25, -0.2) is 0 Å². The van der Waals surface area contributed by atoms with Gasteiger partial charge in [-0.1, -0.05) is 12.1 Å². The van der Waals surface area contributed by atoms with Crippen LogP contribution in [0.2, 0.25) is 0 Å². The van der Waals surface area contributed by atoms with Crippen molar-refractivity contribution < 1.29 is 13.9 Å². The highest BCUT2D eigenvalue weighted by Crippen LogP contribution is 2.19. The van der Waals surface area contributed by atoms with E-state index < -0.39 is 11.9 Å². The van der Waals surface area contributed by atoms with Crippen LogP contribution in [-0.2, 0) is 0 Å². The Labute approximate surface area is 116 Å². The number of hydrogen-bond acceptors (Lipinski definition) is 4. The van der Waals surface area contributed by atoms with Gasteiger partial charge in [0.1, 0.15) is 11.8 Å². The van der Waals surface area contributed by atoms with Crippen LogP contribution in [0.1, 0.15) is 29.1 Å². The van der Waals surface area contributed by atoms with Crippen molar-refractivity contribution in [2.75, 3.05) is 6.61 Å². The molecule has 0 aliphatic carbocycles. The lowest BCUT2D eigenvalue weighted by atomic mass is 10.1. The third-order valence-corrected chi connectivity index (χ3v) is 2.65. The molecule has 1 N–H and O–H groups in total. The van der Waals surface area contributed by atoms with Crippen LogP contribution in [0.5, 0.6) is 5.75 Å². The summed E-state index contributed by atoms with van der Waals surface area (Å²) in [6, 6.07) is 11.5. The molecule has 0 fully saturated rings. The number of nitrogens with one attached hydrogen (secondary N) is 1. The molecule has 1 unspecified atom stereocenters. The maximum Gasteiger partial charge on any atom is 0.288 e. The Morgan fingerprint density at radius 2 is 2.30 bits per heavy atom. The smallest absolute Gasteiger partial charge is 0.288 e. The molecule has 0 radical (unpaired) electrons. The molecule has 102 valence electrons. The highest BCUT2D eigenvalue weighted by Gasteiger charge is 2.17. The molecule has 1 aromatic heterocycles. The van der Waals surface area contributed by atoms with Gasteiger partial charge in [0.25, 0.3) is 5.91 Å². The lowest BCUT2D eigenvalue weighted by molar-refractivity contribution is 0.0917. The first-order chi connectivity index (χ1) is 9.74. The van der Waals surface area contributed by atoms with E-state index >= 15 is 0 Å². The summed E-state index contributed by atoms with van der Waals surface area (Å²) in [5.74, 6) is 0.409. The number of rotatable bonds is 5. The standard InChI is InChI=1S/C15H14N2O3/c1-2-19-12-6-3-5-11(9-12)13(10-16)17-15(18)14-7-4-8-20-14/h3-9,13H,2H2,1H3,(H,17,18). The molecular formula is C15H14N2O3. The minimum Gasteiger partial charge on any atom is -0.494 e. The van der Waals surface area contributed by atoms with Crippen LogP contribution in [0.25, 0.3) is 0 Å². The molecule has 0 aliphatic heterocycles. The van der Waals surface area contributed by atoms with E-state index in [9.17, 15) is 10.1 Å². The van der Waals surface area contributed by atoms with Crippen molar-refractivity contribution in [3.05, 3.63) is 54.0 Å². The van der Waals surface area contributed by atoms with Crippen molar-refractivity contribution in [2.24, 2.45) is 0 Å². The first kappa shape index (κ1) is 13.7. The van der Waals surface area contributed by atoms with E-state index in [2.05, 4.69) is 11.4 Å². The summed E-state index contributed by atoms with van der Waals surface area (Å²) in [7, 11) is 0. The Balaban J connectivity index is 2.14. The van der Waals surface area contributed by atoms with E-state index in [1.807, 2.05) is 6.92 Å². The summed E-state index contributed by atoms with van der Waals surface area (Å²) in [6.45, 7) is 2.42. The maximum atomic E-state index is 11.9. The Kier molecular flexibility index (Phi) is 4.40. The average molecular weight is 270 g/mol. The number of furan rings is 1. The topological polar surface area (TPSA) is 75.3 Å². The number of nitrogens with zero attached hydrogens (tertiary/aromatic N) is 1. The molecular weight excluding hydrogens is 256 g/mol. The number of amides is 1. The summed E-state index contributed by atoms with van der Waals surface area (Å²) < 4.78 is 10.4. The first-order valence-corrected chi connectivity index (χ1v) is 6.21. The number of benzene rings is 1. The van der Waals surface area contributed by atoms with Gasteiger partial charge in [-0.15, -0.1) is 0 Å². The molecule has 0 aliphatic rings. The fourth-order valence-electron chi connectivity index (χ4n) is 1.75. The zero-order valence-electron chi connectivity index (χ0n) is 11.0. The minimum absolute atomic E-state index is 0.172. The van der Waals surface area contributed by atoms with Crippen molar-refractivity contribution in [3.63, 3.8) is 0 Å². The van der Waals surface area contributed by atoms with E-state index in [-0.39, 0.29) is 5.76 Å². The van der Waals surface area contributed by atoms with Crippen molar-refractivity contribution in [1.29, 1.82) is 5.26 Å². The lowest BCUT2D eigenvalue weighted by Gasteiger charge is -2.12. The number of nitriles is 1. The second-order valence-corrected chi connectivity index (χ2v) is 4.02. The molecule has 2 rings (SSSR count). The molecule has 5 heteroatoms. The van der Waals surface area contributed by atoms with E-state index in [4.69, 9.17) is 9.15 Å². The molecule has 1 atom stereocenters. The van der Waals surface area contributed by atoms with Gasteiger partial charge in [0.15, 0.2) is 5.76 Å². The molecule has 0 bridgehead atoms. The fourth-order valence-corrected chi connectivity index (χ4v) is 1.75. The number of ether oxygens (including phenoxy) is 1. The molecule has 0 saturated heterocycles. The van der Waals surface area contributed by atoms with Crippen LogP contribution in [0, 0.1) is 11.3 Å². The highest BCUT2D eigenvalue weighted by atomic mass is 16.5. The summed E-state index contributed by atoms with van der Waals surface area (Å²) in [4.78, 5) is 11.9. The van der Waals surface area contributed by atoms with E-state index in [0.29, 0.717) is 17.9 Å². The fraction of sp³-hybridized carbons (Fsp3) is 0.200. The zero-order valence-corrected chi connectivity index (χ0v) is 11.0. The molecule has 0 saturated carbocycles. The SMILES string of the molecule is CCOc1cccc(C(C#N)NC(=O)c2ccco2)c1. The van der Waals surface area contributed by atoms with Crippen molar-refractivity contribution in [2.45, 2.75) is 13.0 Å². The number of carbonyl (C=O) groups is 1. The second-order valence-electron chi connectivity index (χ2n) is 4.02. The largest absolute Gasteiger partial charge is 0.494 e. The third kappa shape index (κ3) is 3.18. The Morgan fingerprint density at radius 1 is 1.45 bits per heavy atom. The normalized spacial score (nSPS) is 11.4. The monoisotopic (exact) mass is 270 g/mol. The molecule has 1 aromatic carbocycles. The van der Waals surface area contributed by atoms with Crippen LogP contribution >= 0.6 is 0 Å². The van der Waals surface area contributed by atoms with Gasteiger partial charge in [0.2, 0.25) is 0 Å². The van der Waals surface area contributed by atoms with Crippen molar-refractivity contribution in [3.8, 4) is 11.8 Å². The first-order valence-electron chi connectivity index (χ1n) is 6.21.